The molecular weight excluding hydrogens is 252 g/mol. The van der Waals surface area contributed by atoms with E-state index in [0.717, 1.165) is 41.4 Å². The van der Waals surface area contributed by atoms with Gasteiger partial charge >= 0.3 is 0 Å². The number of hydrogen-bond donors (Lipinski definition) is 0. The van der Waals surface area contributed by atoms with Gasteiger partial charge in [0.25, 0.3) is 0 Å². The molecule has 21 heavy (non-hydrogen) atoms. The highest BCUT2D eigenvalue weighted by Crippen LogP contribution is 2.57. The Morgan fingerprint density at radius 2 is 1.38 bits per heavy atom. The number of rotatable bonds is 1. The van der Waals surface area contributed by atoms with Crippen LogP contribution in [0.1, 0.15) is 93.4 Å². The van der Waals surface area contributed by atoms with Crippen LogP contribution in [0, 0.1) is 41.4 Å². The Kier molecular flexibility index (Phi) is 7.79. The number of hydrogen-bond acceptors (Lipinski definition) is 0. The van der Waals surface area contributed by atoms with E-state index in [-0.39, 0.29) is 7.43 Å². The quantitative estimate of drug-likeness (QED) is 0.480. The molecule has 3 aliphatic rings. The van der Waals surface area contributed by atoms with E-state index in [1.165, 1.54) is 25.7 Å². The fraction of sp³-hybridized carbons (Fsp3) is 1.00. The Bertz CT molecular complexity index is 274. The molecule has 0 aromatic rings. The zero-order chi connectivity index (χ0) is 14.7. The molecule has 0 bridgehead atoms. The molecule has 3 saturated carbocycles. The van der Waals surface area contributed by atoms with Crippen LogP contribution in [-0.2, 0) is 0 Å². The maximum atomic E-state index is 2.60. The summed E-state index contributed by atoms with van der Waals surface area (Å²) in [6.07, 6.45) is 12.3. The van der Waals surface area contributed by atoms with Gasteiger partial charge in [0.1, 0.15) is 0 Å². The monoisotopic (exact) mass is 294 g/mol. The first-order chi connectivity index (χ1) is 9.72. The SMILES string of the molecule is C.CC.CCC1C(C)C2CCCCC2C2CC(C)CCC12. The van der Waals surface area contributed by atoms with Gasteiger partial charge in [0.15, 0.2) is 0 Å². The molecule has 0 aliphatic heterocycles. The van der Waals surface area contributed by atoms with Crippen LogP contribution in [0.2, 0.25) is 0 Å². The van der Waals surface area contributed by atoms with Gasteiger partial charge in [0, 0.05) is 0 Å². The lowest BCUT2D eigenvalue weighted by molar-refractivity contribution is -0.0656. The van der Waals surface area contributed by atoms with Crippen LogP contribution in [0.25, 0.3) is 0 Å². The van der Waals surface area contributed by atoms with E-state index in [0.29, 0.717) is 0 Å². The minimum Gasteiger partial charge on any atom is -0.0776 e. The Hall–Kier alpha value is 0. The van der Waals surface area contributed by atoms with Crippen molar-refractivity contribution in [1.82, 2.24) is 0 Å². The summed E-state index contributed by atoms with van der Waals surface area (Å²) >= 11 is 0. The third kappa shape index (κ3) is 3.67. The second kappa shape index (κ2) is 8.59. The molecule has 0 radical (unpaired) electrons. The van der Waals surface area contributed by atoms with E-state index >= 15 is 0 Å². The normalized spacial score (nSPS) is 45.3. The second-order valence-electron chi connectivity index (χ2n) is 7.79. The summed E-state index contributed by atoms with van der Waals surface area (Å²) in [6.45, 7) is 11.6. The molecule has 0 nitrogen and oxygen atoms in total. The molecule has 0 spiro atoms. The second-order valence-corrected chi connectivity index (χ2v) is 7.79. The Labute approximate surface area is 135 Å². The van der Waals surface area contributed by atoms with Crippen molar-refractivity contribution >= 4 is 0 Å². The lowest BCUT2D eigenvalue weighted by Gasteiger charge is -2.56. The molecule has 0 aromatic heterocycles. The molecule has 3 rings (SSSR count). The molecule has 126 valence electrons. The lowest BCUT2D eigenvalue weighted by Crippen LogP contribution is -2.48. The number of fused-ring (bicyclic) bond motifs is 3. The van der Waals surface area contributed by atoms with Gasteiger partial charge < -0.3 is 0 Å². The van der Waals surface area contributed by atoms with Crippen LogP contribution in [0.3, 0.4) is 0 Å². The summed E-state index contributed by atoms with van der Waals surface area (Å²) in [5.41, 5.74) is 0. The van der Waals surface area contributed by atoms with Gasteiger partial charge in [-0.2, -0.15) is 0 Å². The largest absolute Gasteiger partial charge is 0.0776 e. The lowest BCUT2D eigenvalue weighted by atomic mass is 9.49. The molecule has 3 fully saturated rings. The average molecular weight is 295 g/mol. The van der Waals surface area contributed by atoms with E-state index in [9.17, 15) is 0 Å². The molecule has 0 amide bonds. The van der Waals surface area contributed by atoms with E-state index in [4.69, 9.17) is 0 Å². The Morgan fingerprint density at radius 1 is 0.762 bits per heavy atom. The van der Waals surface area contributed by atoms with Crippen molar-refractivity contribution in [3.8, 4) is 0 Å². The molecule has 7 atom stereocenters. The molecule has 7 unspecified atom stereocenters. The van der Waals surface area contributed by atoms with E-state index in [1.807, 2.05) is 13.8 Å². The fourth-order valence-electron chi connectivity index (χ4n) is 6.23. The molecule has 3 aliphatic carbocycles. The van der Waals surface area contributed by atoms with Gasteiger partial charge in [0.05, 0.1) is 0 Å². The van der Waals surface area contributed by atoms with E-state index in [1.54, 1.807) is 25.7 Å². The van der Waals surface area contributed by atoms with Crippen molar-refractivity contribution in [2.75, 3.05) is 0 Å². The van der Waals surface area contributed by atoms with Crippen LogP contribution in [0.4, 0.5) is 0 Å². The summed E-state index contributed by atoms with van der Waals surface area (Å²) in [4.78, 5) is 0. The van der Waals surface area contributed by atoms with Crippen LogP contribution in [-0.4, -0.2) is 0 Å². The third-order valence-electron chi connectivity index (χ3n) is 7.01. The van der Waals surface area contributed by atoms with Crippen LogP contribution >= 0.6 is 0 Å². The first kappa shape index (κ1) is 19.0. The molecule has 0 saturated heterocycles. The molecule has 0 aromatic carbocycles. The summed E-state index contributed by atoms with van der Waals surface area (Å²) in [5.74, 6) is 7.51. The van der Waals surface area contributed by atoms with Gasteiger partial charge in [-0.05, 0) is 67.1 Å². The smallest absolute Gasteiger partial charge is 0.0349 e. The van der Waals surface area contributed by atoms with Crippen molar-refractivity contribution < 1.29 is 0 Å². The van der Waals surface area contributed by atoms with Crippen molar-refractivity contribution in [3.05, 3.63) is 0 Å². The predicted octanol–water partition coefficient (Wildman–Crippen LogP) is 7.18. The van der Waals surface area contributed by atoms with Gasteiger partial charge in [-0.3, -0.25) is 0 Å². The van der Waals surface area contributed by atoms with Crippen molar-refractivity contribution in [2.45, 2.75) is 93.4 Å². The fourth-order valence-corrected chi connectivity index (χ4v) is 6.23. The zero-order valence-electron chi connectivity index (χ0n) is 14.7. The van der Waals surface area contributed by atoms with Gasteiger partial charge in [-0.15, -0.1) is 0 Å². The van der Waals surface area contributed by atoms with Crippen LogP contribution < -0.4 is 0 Å². The summed E-state index contributed by atoms with van der Waals surface area (Å²) in [7, 11) is 0. The average Bonchev–Trinajstić information content (AvgIpc) is 2.50. The minimum absolute atomic E-state index is 0. The minimum atomic E-state index is 0. The van der Waals surface area contributed by atoms with Gasteiger partial charge in [-0.1, -0.05) is 67.7 Å². The molecule has 0 heteroatoms. The molecular formula is C21H42. The summed E-state index contributed by atoms with van der Waals surface area (Å²) in [5, 5.41) is 0. The summed E-state index contributed by atoms with van der Waals surface area (Å²) < 4.78 is 0. The van der Waals surface area contributed by atoms with Gasteiger partial charge in [-0.25, -0.2) is 0 Å². The van der Waals surface area contributed by atoms with Crippen molar-refractivity contribution in [2.24, 2.45) is 41.4 Å². The standard InChI is InChI=1S/C18H32.C2H6.CH4/c1-4-14-13(3)15-7-5-6-8-16(15)18-11-12(2)9-10-17(14)18;1-2;/h12-18H,4-11H2,1-3H3;1-2H3;1H4. The van der Waals surface area contributed by atoms with Crippen LogP contribution in [0.5, 0.6) is 0 Å². The van der Waals surface area contributed by atoms with E-state index < -0.39 is 0 Å². The zero-order valence-corrected chi connectivity index (χ0v) is 14.7. The highest BCUT2D eigenvalue weighted by molar-refractivity contribution is 4.98. The van der Waals surface area contributed by atoms with Gasteiger partial charge in [0.2, 0.25) is 0 Å². The Morgan fingerprint density at radius 3 is 2.00 bits per heavy atom. The van der Waals surface area contributed by atoms with Crippen LogP contribution in [0.15, 0.2) is 0 Å². The Balaban J connectivity index is 0.000000706. The first-order valence-corrected chi connectivity index (χ1v) is 9.72. The maximum absolute atomic E-state index is 2.60. The topological polar surface area (TPSA) is 0 Å². The molecule has 0 N–H and O–H groups in total. The predicted molar refractivity (Wildman–Crippen MR) is 96.5 cm³/mol. The maximum Gasteiger partial charge on any atom is -0.0349 e. The third-order valence-corrected chi connectivity index (χ3v) is 7.01. The van der Waals surface area contributed by atoms with Crippen molar-refractivity contribution in [1.29, 1.82) is 0 Å². The highest BCUT2D eigenvalue weighted by Gasteiger charge is 2.49. The summed E-state index contributed by atoms with van der Waals surface area (Å²) in [6, 6.07) is 0. The van der Waals surface area contributed by atoms with E-state index in [2.05, 4.69) is 20.8 Å². The first-order valence-electron chi connectivity index (χ1n) is 9.72. The van der Waals surface area contributed by atoms with Crippen molar-refractivity contribution in [3.63, 3.8) is 0 Å². The highest BCUT2D eigenvalue weighted by atomic mass is 14.5. The molecule has 0 heterocycles.